The van der Waals surface area contributed by atoms with E-state index >= 15 is 0 Å². The topological polar surface area (TPSA) is 88.4 Å². The van der Waals surface area contributed by atoms with Crippen molar-refractivity contribution >= 4 is 28.5 Å². The van der Waals surface area contributed by atoms with Crippen LogP contribution in [0.2, 0.25) is 5.15 Å². The molecule has 19 heavy (non-hydrogen) atoms. The number of nitrogens with one attached hydrogen (secondary N) is 1. The number of amides is 1. The molecule has 3 rings (SSSR count). The molecule has 0 atom stereocenters. The smallest absolute Gasteiger partial charge is 0.289 e. The zero-order chi connectivity index (χ0) is 13.4. The number of aromatic nitrogens is 2. The first kappa shape index (κ1) is 12.2. The van der Waals surface area contributed by atoms with Crippen LogP contribution in [0, 0.1) is 0 Å². The molecule has 0 bridgehead atoms. The van der Waals surface area contributed by atoms with E-state index in [1.54, 1.807) is 4.90 Å². The Labute approximate surface area is 112 Å². The summed E-state index contributed by atoms with van der Waals surface area (Å²) >= 11 is 5.81. The van der Waals surface area contributed by atoms with Crippen molar-refractivity contribution in [1.29, 1.82) is 0 Å². The molecular formula is C11H10ClN3O4. The van der Waals surface area contributed by atoms with Gasteiger partial charge in [-0.05, 0) is 0 Å². The number of carbonyl (C=O) groups excluding carboxylic acids is 1. The highest BCUT2D eigenvalue weighted by Crippen LogP contribution is 2.22. The Balaban J connectivity index is 2.01. The van der Waals surface area contributed by atoms with Gasteiger partial charge in [0, 0.05) is 19.2 Å². The fourth-order valence-electron chi connectivity index (χ4n) is 1.95. The summed E-state index contributed by atoms with van der Waals surface area (Å²) in [7, 11) is 0. The molecule has 0 saturated carbocycles. The Bertz CT molecular complexity index is 687. The lowest BCUT2D eigenvalue weighted by Crippen LogP contribution is -2.40. The fraction of sp³-hybridized carbons (Fsp3) is 0.364. The zero-order valence-corrected chi connectivity index (χ0v) is 10.6. The molecule has 1 N–H and O–H groups in total. The van der Waals surface area contributed by atoms with Gasteiger partial charge in [-0.3, -0.25) is 9.59 Å². The maximum Gasteiger partial charge on any atom is 0.289 e. The van der Waals surface area contributed by atoms with Gasteiger partial charge in [-0.15, -0.1) is 0 Å². The summed E-state index contributed by atoms with van der Waals surface area (Å²) in [4.78, 5) is 25.4. The predicted octanol–water partition coefficient (Wildman–Crippen LogP) is 0.642. The Hall–Kier alpha value is -1.86. The summed E-state index contributed by atoms with van der Waals surface area (Å²) in [6, 6.07) is 1.39. The predicted molar refractivity (Wildman–Crippen MR) is 66.4 cm³/mol. The highest BCUT2D eigenvalue weighted by Gasteiger charge is 2.23. The summed E-state index contributed by atoms with van der Waals surface area (Å²) in [6.07, 6.45) is 0. The van der Waals surface area contributed by atoms with Crippen LogP contribution in [0.5, 0.6) is 0 Å². The van der Waals surface area contributed by atoms with Gasteiger partial charge in [0.05, 0.1) is 18.6 Å². The molecule has 1 aliphatic heterocycles. The van der Waals surface area contributed by atoms with E-state index in [0.717, 1.165) is 0 Å². The summed E-state index contributed by atoms with van der Waals surface area (Å²) in [5.41, 5.74) is -0.314. The Morgan fingerprint density at radius 2 is 2.16 bits per heavy atom. The van der Waals surface area contributed by atoms with Crippen molar-refractivity contribution in [2.24, 2.45) is 0 Å². The second-order valence-electron chi connectivity index (χ2n) is 4.10. The van der Waals surface area contributed by atoms with Crippen LogP contribution in [0.4, 0.5) is 0 Å². The average Bonchev–Trinajstić information content (AvgIpc) is 2.89. The number of hydrogen-bond donors (Lipinski definition) is 1. The molecule has 7 nitrogen and oxygen atoms in total. The number of rotatable bonds is 1. The van der Waals surface area contributed by atoms with Crippen molar-refractivity contribution < 1.29 is 13.9 Å². The van der Waals surface area contributed by atoms with Crippen molar-refractivity contribution in [3.8, 4) is 0 Å². The van der Waals surface area contributed by atoms with E-state index in [4.69, 9.17) is 20.8 Å². The molecule has 2 aromatic heterocycles. The molecule has 2 aromatic rings. The molecule has 1 aliphatic rings. The highest BCUT2D eigenvalue weighted by molar-refractivity contribution is 6.33. The third-order valence-electron chi connectivity index (χ3n) is 2.93. The number of halogens is 1. The number of H-pyrrole nitrogens is 1. The van der Waals surface area contributed by atoms with Crippen molar-refractivity contribution in [2.75, 3.05) is 26.3 Å². The molecule has 0 spiro atoms. The van der Waals surface area contributed by atoms with Gasteiger partial charge in [-0.1, -0.05) is 11.6 Å². The standard InChI is InChI=1S/C11H10ClN3O4/c12-9-8-6(10(16)14-13-9)5-7(19-8)11(17)15-1-3-18-4-2-15/h5H,1-4H2,(H,14,16). The molecule has 1 saturated heterocycles. The van der Waals surface area contributed by atoms with Crippen LogP contribution in [0.3, 0.4) is 0 Å². The molecule has 100 valence electrons. The monoisotopic (exact) mass is 283 g/mol. The molecular weight excluding hydrogens is 274 g/mol. The first-order chi connectivity index (χ1) is 9.16. The lowest BCUT2D eigenvalue weighted by Gasteiger charge is -2.25. The van der Waals surface area contributed by atoms with Gasteiger partial charge in [-0.25, -0.2) is 5.10 Å². The van der Waals surface area contributed by atoms with Gasteiger partial charge in [0.25, 0.3) is 11.5 Å². The molecule has 3 heterocycles. The first-order valence-corrected chi connectivity index (χ1v) is 6.09. The number of nitrogens with zero attached hydrogens (tertiary/aromatic N) is 2. The number of hydrogen-bond acceptors (Lipinski definition) is 5. The van der Waals surface area contributed by atoms with E-state index in [1.165, 1.54) is 6.07 Å². The quantitative estimate of drug-likeness (QED) is 0.830. The minimum absolute atomic E-state index is 0.0237. The van der Waals surface area contributed by atoms with Gasteiger partial charge in [-0.2, -0.15) is 5.10 Å². The van der Waals surface area contributed by atoms with E-state index in [2.05, 4.69) is 10.2 Å². The number of aromatic amines is 1. The Morgan fingerprint density at radius 1 is 1.42 bits per heavy atom. The minimum atomic E-state index is -0.441. The average molecular weight is 284 g/mol. The van der Waals surface area contributed by atoms with E-state index in [-0.39, 0.29) is 27.8 Å². The van der Waals surface area contributed by atoms with Crippen LogP contribution < -0.4 is 5.56 Å². The maximum atomic E-state index is 12.2. The molecule has 0 aromatic carbocycles. The zero-order valence-electron chi connectivity index (χ0n) is 9.81. The van der Waals surface area contributed by atoms with Crippen LogP contribution in [-0.2, 0) is 4.74 Å². The molecule has 1 fully saturated rings. The lowest BCUT2D eigenvalue weighted by atomic mass is 10.3. The Kier molecular flexibility index (Phi) is 3.00. The third kappa shape index (κ3) is 2.11. The second-order valence-corrected chi connectivity index (χ2v) is 4.46. The number of furan rings is 1. The summed E-state index contributed by atoms with van der Waals surface area (Å²) in [5.74, 6) is -0.202. The van der Waals surface area contributed by atoms with Crippen molar-refractivity contribution in [1.82, 2.24) is 15.1 Å². The van der Waals surface area contributed by atoms with Crippen LogP contribution in [0.15, 0.2) is 15.3 Å². The van der Waals surface area contributed by atoms with Gasteiger partial charge >= 0.3 is 0 Å². The second kappa shape index (κ2) is 4.67. The van der Waals surface area contributed by atoms with E-state index in [0.29, 0.717) is 26.3 Å². The number of morpholine rings is 1. The minimum Gasteiger partial charge on any atom is -0.447 e. The molecule has 0 aliphatic carbocycles. The normalized spacial score (nSPS) is 15.9. The summed E-state index contributed by atoms with van der Waals surface area (Å²) < 4.78 is 10.5. The SMILES string of the molecule is O=C(c1cc2c(=O)[nH]nc(Cl)c2o1)N1CCOCC1. The third-order valence-corrected chi connectivity index (χ3v) is 3.18. The summed E-state index contributed by atoms with van der Waals surface area (Å²) in [5, 5.41) is 6.06. The van der Waals surface area contributed by atoms with Gasteiger partial charge in [0.2, 0.25) is 0 Å². The summed E-state index contributed by atoms with van der Waals surface area (Å²) in [6.45, 7) is 1.99. The van der Waals surface area contributed by atoms with Gasteiger partial charge in [0.1, 0.15) is 0 Å². The van der Waals surface area contributed by atoms with E-state index in [1.807, 2.05) is 0 Å². The van der Waals surface area contributed by atoms with Gasteiger partial charge in [0.15, 0.2) is 16.5 Å². The largest absolute Gasteiger partial charge is 0.447 e. The van der Waals surface area contributed by atoms with Crippen molar-refractivity contribution in [3.05, 3.63) is 27.3 Å². The van der Waals surface area contributed by atoms with Crippen LogP contribution in [-0.4, -0.2) is 47.3 Å². The van der Waals surface area contributed by atoms with Crippen molar-refractivity contribution in [3.63, 3.8) is 0 Å². The lowest BCUT2D eigenvalue weighted by molar-refractivity contribution is 0.0284. The maximum absolute atomic E-state index is 12.2. The highest BCUT2D eigenvalue weighted by atomic mass is 35.5. The molecule has 1 amide bonds. The molecule has 0 unspecified atom stereocenters. The fourth-order valence-corrected chi connectivity index (χ4v) is 2.13. The van der Waals surface area contributed by atoms with Crippen LogP contribution in [0.1, 0.15) is 10.6 Å². The Morgan fingerprint density at radius 3 is 2.84 bits per heavy atom. The number of ether oxygens (including phenoxy) is 1. The number of carbonyl (C=O) groups is 1. The van der Waals surface area contributed by atoms with E-state index < -0.39 is 5.56 Å². The molecule has 0 radical (unpaired) electrons. The van der Waals surface area contributed by atoms with Gasteiger partial charge < -0.3 is 14.1 Å². The molecule has 8 heteroatoms. The first-order valence-electron chi connectivity index (χ1n) is 5.71. The van der Waals surface area contributed by atoms with Crippen LogP contribution in [0.25, 0.3) is 11.0 Å². The van der Waals surface area contributed by atoms with E-state index in [9.17, 15) is 9.59 Å². The van der Waals surface area contributed by atoms with Crippen molar-refractivity contribution in [2.45, 2.75) is 0 Å². The number of fused-ring (bicyclic) bond motifs is 1. The van der Waals surface area contributed by atoms with Crippen LogP contribution >= 0.6 is 11.6 Å².